The van der Waals surface area contributed by atoms with Crippen molar-refractivity contribution in [2.45, 2.75) is 31.7 Å². The Labute approximate surface area is 62.0 Å². The van der Waals surface area contributed by atoms with Crippen LogP contribution >= 0.6 is 11.6 Å². The van der Waals surface area contributed by atoms with E-state index in [0.29, 0.717) is 5.50 Å². The van der Waals surface area contributed by atoms with E-state index < -0.39 is 0 Å². The second kappa shape index (κ2) is 3.43. The highest BCUT2D eigenvalue weighted by atomic mass is 35.5. The summed E-state index contributed by atoms with van der Waals surface area (Å²) >= 11 is 6.01. The van der Waals surface area contributed by atoms with Crippen molar-refractivity contribution in [3.05, 3.63) is 0 Å². The quantitative estimate of drug-likeness (QED) is 0.406. The fourth-order valence-electron chi connectivity index (χ4n) is 1.31. The molecule has 1 unspecified atom stereocenters. The van der Waals surface area contributed by atoms with Gasteiger partial charge in [-0.05, 0) is 32.4 Å². The molecular weight excluding hydrogens is 134 g/mol. The van der Waals surface area contributed by atoms with Gasteiger partial charge in [-0.3, -0.25) is 4.90 Å². The molecule has 1 aliphatic rings. The number of rotatable bonds is 1. The molecule has 1 nitrogen and oxygen atoms in total. The van der Waals surface area contributed by atoms with Crippen LogP contribution in [0.2, 0.25) is 0 Å². The first-order valence-corrected chi connectivity index (χ1v) is 4.16. The lowest BCUT2D eigenvalue weighted by atomic mass is 10.1. The molecule has 0 aromatic rings. The molecular formula is C7H14ClN. The van der Waals surface area contributed by atoms with E-state index in [1.807, 2.05) is 0 Å². The van der Waals surface area contributed by atoms with E-state index in [9.17, 15) is 0 Å². The van der Waals surface area contributed by atoms with Crippen LogP contribution in [0.4, 0.5) is 0 Å². The maximum atomic E-state index is 6.01. The summed E-state index contributed by atoms with van der Waals surface area (Å²) < 4.78 is 0. The van der Waals surface area contributed by atoms with E-state index >= 15 is 0 Å². The van der Waals surface area contributed by atoms with Crippen molar-refractivity contribution in [3.63, 3.8) is 0 Å². The number of hydrogen-bond acceptors (Lipinski definition) is 1. The van der Waals surface area contributed by atoms with E-state index in [1.54, 1.807) is 0 Å². The Morgan fingerprint density at radius 1 is 1.56 bits per heavy atom. The maximum absolute atomic E-state index is 6.01. The number of piperidine rings is 1. The number of halogens is 1. The molecule has 1 heterocycles. The third-order valence-electron chi connectivity index (χ3n) is 1.94. The van der Waals surface area contributed by atoms with Crippen molar-refractivity contribution in [1.82, 2.24) is 4.90 Å². The molecule has 1 atom stereocenters. The molecule has 0 spiro atoms. The van der Waals surface area contributed by atoms with Crippen LogP contribution in [0.3, 0.4) is 0 Å². The molecule has 0 N–H and O–H groups in total. The van der Waals surface area contributed by atoms with Crippen LogP contribution < -0.4 is 0 Å². The Morgan fingerprint density at radius 3 is 2.78 bits per heavy atom. The van der Waals surface area contributed by atoms with Crippen LogP contribution in [-0.2, 0) is 0 Å². The Balaban J connectivity index is 2.30. The molecule has 0 saturated carbocycles. The Bertz CT molecular complexity index is 85.0. The summed E-state index contributed by atoms with van der Waals surface area (Å²) in [6.07, 6.45) is 3.82. The predicted octanol–water partition coefficient (Wildman–Crippen LogP) is 2.06. The van der Waals surface area contributed by atoms with E-state index in [1.165, 1.54) is 25.8 Å². The lowest BCUT2D eigenvalue weighted by Crippen LogP contribution is -2.35. The molecule has 9 heavy (non-hydrogen) atoms. The molecule has 0 aromatic carbocycles. The summed E-state index contributed by atoms with van der Waals surface area (Å²) in [7, 11) is 0. The monoisotopic (exact) mass is 147 g/mol. The van der Waals surface area contributed by atoms with Gasteiger partial charge in [0.05, 0.1) is 5.50 Å². The van der Waals surface area contributed by atoms with Crippen molar-refractivity contribution < 1.29 is 0 Å². The normalized spacial score (nSPS) is 30.7. The molecule has 0 radical (unpaired) electrons. The van der Waals surface area contributed by atoms with Crippen LogP contribution in [-0.4, -0.2) is 23.5 Å². The lowest BCUT2D eigenvalue weighted by Gasteiger charge is -2.30. The molecule has 54 valence electrons. The SMILES string of the molecule is CCN1CCCCC1Cl. The first-order valence-electron chi connectivity index (χ1n) is 3.72. The third-order valence-corrected chi connectivity index (χ3v) is 2.43. The van der Waals surface area contributed by atoms with E-state index in [4.69, 9.17) is 11.6 Å². The largest absolute Gasteiger partial charge is 0.288 e. The zero-order valence-electron chi connectivity index (χ0n) is 5.94. The van der Waals surface area contributed by atoms with Crippen molar-refractivity contribution >= 4 is 11.6 Å². The summed E-state index contributed by atoms with van der Waals surface area (Å²) in [4.78, 5) is 2.32. The third kappa shape index (κ3) is 1.84. The highest BCUT2D eigenvalue weighted by Crippen LogP contribution is 2.18. The molecule has 1 saturated heterocycles. The molecule has 0 bridgehead atoms. The van der Waals surface area contributed by atoms with E-state index in [2.05, 4.69) is 11.8 Å². The molecule has 1 aliphatic heterocycles. The summed E-state index contributed by atoms with van der Waals surface area (Å²) in [5, 5.41) is 0. The summed E-state index contributed by atoms with van der Waals surface area (Å²) in [5.74, 6) is 0. The number of hydrogen-bond donors (Lipinski definition) is 0. The Hall–Kier alpha value is 0.250. The highest BCUT2D eigenvalue weighted by Gasteiger charge is 2.17. The van der Waals surface area contributed by atoms with Crippen LogP contribution in [0.5, 0.6) is 0 Å². The van der Waals surface area contributed by atoms with Crippen LogP contribution in [0.1, 0.15) is 26.2 Å². The minimum atomic E-state index is 0.323. The minimum Gasteiger partial charge on any atom is -0.288 e. The number of likely N-dealkylation sites (tertiary alicyclic amines) is 1. The maximum Gasteiger partial charge on any atom is 0.0850 e. The molecule has 2 heteroatoms. The Morgan fingerprint density at radius 2 is 2.33 bits per heavy atom. The first kappa shape index (κ1) is 7.36. The van der Waals surface area contributed by atoms with Gasteiger partial charge in [-0.2, -0.15) is 0 Å². The van der Waals surface area contributed by atoms with E-state index in [0.717, 1.165) is 6.54 Å². The van der Waals surface area contributed by atoms with Gasteiger partial charge in [0, 0.05) is 0 Å². The average Bonchev–Trinajstić information content (AvgIpc) is 1.89. The van der Waals surface area contributed by atoms with Crippen molar-refractivity contribution in [1.29, 1.82) is 0 Å². The molecule has 1 rings (SSSR count). The molecule has 0 aromatic heterocycles. The minimum absolute atomic E-state index is 0.323. The van der Waals surface area contributed by atoms with Gasteiger partial charge in [0.25, 0.3) is 0 Å². The summed E-state index contributed by atoms with van der Waals surface area (Å²) in [5.41, 5.74) is 0.323. The zero-order valence-corrected chi connectivity index (χ0v) is 6.69. The average molecular weight is 148 g/mol. The molecule has 1 fully saturated rings. The van der Waals surface area contributed by atoms with Crippen molar-refractivity contribution in [3.8, 4) is 0 Å². The second-order valence-corrected chi connectivity index (χ2v) is 3.06. The second-order valence-electron chi connectivity index (χ2n) is 2.56. The van der Waals surface area contributed by atoms with E-state index in [-0.39, 0.29) is 0 Å². The molecule has 0 amide bonds. The number of nitrogens with zero attached hydrogens (tertiary/aromatic N) is 1. The highest BCUT2D eigenvalue weighted by molar-refractivity contribution is 6.20. The molecule has 0 aliphatic carbocycles. The van der Waals surface area contributed by atoms with Gasteiger partial charge in [-0.1, -0.05) is 6.92 Å². The van der Waals surface area contributed by atoms with Crippen LogP contribution in [0.25, 0.3) is 0 Å². The number of alkyl halides is 1. The van der Waals surface area contributed by atoms with Crippen molar-refractivity contribution in [2.24, 2.45) is 0 Å². The van der Waals surface area contributed by atoms with Crippen LogP contribution in [0.15, 0.2) is 0 Å². The topological polar surface area (TPSA) is 3.24 Å². The standard InChI is InChI=1S/C7H14ClN/c1-2-9-6-4-3-5-7(9)8/h7H,2-6H2,1H3. The van der Waals surface area contributed by atoms with Crippen LogP contribution in [0, 0.1) is 0 Å². The van der Waals surface area contributed by atoms with Gasteiger partial charge >= 0.3 is 0 Å². The zero-order chi connectivity index (χ0) is 6.69. The van der Waals surface area contributed by atoms with Gasteiger partial charge in [0.15, 0.2) is 0 Å². The summed E-state index contributed by atoms with van der Waals surface area (Å²) in [6.45, 7) is 4.47. The lowest BCUT2D eigenvalue weighted by molar-refractivity contribution is 0.212. The van der Waals surface area contributed by atoms with Gasteiger partial charge in [-0.15, -0.1) is 11.6 Å². The fourth-order valence-corrected chi connectivity index (χ4v) is 1.70. The van der Waals surface area contributed by atoms with Gasteiger partial charge in [0.2, 0.25) is 0 Å². The Kier molecular flexibility index (Phi) is 2.80. The smallest absolute Gasteiger partial charge is 0.0850 e. The van der Waals surface area contributed by atoms with Crippen molar-refractivity contribution in [2.75, 3.05) is 13.1 Å². The first-order chi connectivity index (χ1) is 4.34. The van der Waals surface area contributed by atoms with Gasteiger partial charge in [0.1, 0.15) is 0 Å². The fraction of sp³-hybridized carbons (Fsp3) is 1.00. The predicted molar refractivity (Wildman–Crippen MR) is 40.7 cm³/mol. The van der Waals surface area contributed by atoms with Gasteiger partial charge in [-0.25, -0.2) is 0 Å². The van der Waals surface area contributed by atoms with Gasteiger partial charge < -0.3 is 0 Å². The summed E-state index contributed by atoms with van der Waals surface area (Å²) in [6, 6.07) is 0.